The molecule has 0 aromatic carbocycles. The van der Waals surface area contributed by atoms with Crippen LogP contribution in [0.5, 0.6) is 0 Å². The molecule has 0 bridgehead atoms. The number of aliphatic hydroxyl groups is 1. The number of nitrogens with one attached hydrogen (secondary N) is 2. The van der Waals surface area contributed by atoms with E-state index in [0.29, 0.717) is 0 Å². The molecule has 4 N–H and O–H groups in total. The van der Waals surface area contributed by atoms with Gasteiger partial charge < -0.3 is 20.8 Å². The Morgan fingerprint density at radius 1 is 1.48 bits per heavy atom. The fourth-order valence-corrected chi connectivity index (χ4v) is 2.17. The van der Waals surface area contributed by atoms with Gasteiger partial charge in [-0.1, -0.05) is 5.21 Å². The van der Waals surface area contributed by atoms with Crippen molar-refractivity contribution in [1.29, 1.82) is 0 Å². The summed E-state index contributed by atoms with van der Waals surface area (Å²) < 4.78 is 1.70. The van der Waals surface area contributed by atoms with Crippen LogP contribution in [0.15, 0.2) is 6.20 Å². The van der Waals surface area contributed by atoms with E-state index in [2.05, 4.69) is 20.9 Å². The van der Waals surface area contributed by atoms with Gasteiger partial charge in [0.2, 0.25) is 0 Å². The highest BCUT2D eigenvalue weighted by molar-refractivity contribution is 5.91. The lowest BCUT2D eigenvalue weighted by Crippen LogP contribution is -2.30. The molecule has 1 atom stereocenters. The van der Waals surface area contributed by atoms with Crippen molar-refractivity contribution in [2.24, 2.45) is 0 Å². The summed E-state index contributed by atoms with van der Waals surface area (Å²) in [5.41, 5.74) is 0.193. The van der Waals surface area contributed by atoms with Crippen molar-refractivity contribution in [1.82, 2.24) is 25.6 Å². The van der Waals surface area contributed by atoms with E-state index >= 15 is 0 Å². The lowest BCUT2D eigenvalue weighted by Gasteiger charge is -2.22. The normalized spacial score (nSPS) is 17.4. The molecule has 116 valence electrons. The van der Waals surface area contributed by atoms with E-state index < -0.39 is 18.0 Å². The summed E-state index contributed by atoms with van der Waals surface area (Å²) in [6.45, 7) is 1.89. The zero-order valence-corrected chi connectivity index (χ0v) is 11.5. The Morgan fingerprint density at radius 3 is 2.86 bits per heavy atom. The van der Waals surface area contributed by atoms with Gasteiger partial charge >= 0.3 is 5.97 Å². The van der Waals surface area contributed by atoms with Crippen LogP contribution in [0.4, 0.5) is 0 Å². The lowest BCUT2D eigenvalue weighted by atomic mass is 10.1. The van der Waals surface area contributed by atoms with E-state index in [1.54, 1.807) is 10.9 Å². The van der Waals surface area contributed by atoms with Crippen LogP contribution in [0.2, 0.25) is 0 Å². The molecule has 1 saturated heterocycles. The van der Waals surface area contributed by atoms with Crippen LogP contribution in [-0.2, 0) is 4.79 Å². The van der Waals surface area contributed by atoms with Gasteiger partial charge in [-0.05, 0) is 25.9 Å². The third-order valence-electron chi connectivity index (χ3n) is 3.41. The van der Waals surface area contributed by atoms with Gasteiger partial charge in [-0.15, -0.1) is 5.10 Å². The zero-order valence-electron chi connectivity index (χ0n) is 11.5. The monoisotopic (exact) mass is 297 g/mol. The maximum Gasteiger partial charge on any atom is 0.332 e. The van der Waals surface area contributed by atoms with Crippen molar-refractivity contribution in [2.45, 2.75) is 31.4 Å². The molecule has 2 rings (SSSR count). The number of rotatable bonds is 6. The number of aliphatic carboxylic acids is 1. The molecule has 1 aliphatic rings. The number of hydrogen-bond donors (Lipinski definition) is 4. The van der Waals surface area contributed by atoms with E-state index in [9.17, 15) is 9.59 Å². The molecule has 9 heteroatoms. The lowest BCUT2D eigenvalue weighted by molar-refractivity contribution is -0.146. The van der Waals surface area contributed by atoms with Gasteiger partial charge in [-0.2, -0.15) is 0 Å². The van der Waals surface area contributed by atoms with Crippen LogP contribution in [0.25, 0.3) is 0 Å². The number of carbonyl (C=O) groups excluding carboxylic acids is 1. The summed E-state index contributed by atoms with van der Waals surface area (Å²) in [6, 6.07) is 0.245. The molecule has 0 radical (unpaired) electrons. The van der Waals surface area contributed by atoms with Gasteiger partial charge in [0.05, 0.1) is 12.2 Å². The molecular weight excluding hydrogens is 278 g/mol. The quantitative estimate of drug-likeness (QED) is 0.517. The van der Waals surface area contributed by atoms with Crippen molar-refractivity contribution in [3.05, 3.63) is 11.9 Å². The molecule has 1 aliphatic heterocycles. The highest BCUT2D eigenvalue weighted by Crippen LogP contribution is 2.16. The summed E-state index contributed by atoms with van der Waals surface area (Å²) in [5.74, 6) is -1.73. The third kappa shape index (κ3) is 4.23. The van der Waals surface area contributed by atoms with E-state index in [-0.39, 0.29) is 24.7 Å². The van der Waals surface area contributed by atoms with Crippen molar-refractivity contribution in [3.63, 3.8) is 0 Å². The van der Waals surface area contributed by atoms with Crippen LogP contribution in [0, 0.1) is 0 Å². The number of aromatic nitrogens is 3. The van der Waals surface area contributed by atoms with Gasteiger partial charge in [0.1, 0.15) is 0 Å². The predicted octanol–water partition coefficient (Wildman–Crippen LogP) is -1.23. The maximum absolute atomic E-state index is 11.8. The number of hydrogen-bond acceptors (Lipinski definition) is 6. The minimum absolute atomic E-state index is 0.0521. The third-order valence-corrected chi connectivity index (χ3v) is 3.41. The topological polar surface area (TPSA) is 129 Å². The Bertz CT molecular complexity index is 498. The SMILES string of the molecule is O=C(NCCC(O)C(=O)O)c1cn(C2CCNCC2)nn1. The second-order valence-corrected chi connectivity index (χ2v) is 4.96. The van der Waals surface area contributed by atoms with E-state index in [1.807, 2.05) is 0 Å². The Kier molecular flexibility index (Phi) is 5.23. The second kappa shape index (κ2) is 7.14. The fourth-order valence-electron chi connectivity index (χ4n) is 2.17. The number of carboxylic acid groups (broad SMARTS) is 1. The number of amides is 1. The number of piperidine rings is 1. The highest BCUT2D eigenvalue weighted by Gasteiger charge is 2.19. The number of nitrogens with zero attached hydrogens (tertiary/aromatic N) is 3. The van der Waals surface area contributed by atoms with Gasteiger partial charge in [0.25, 0.3) is 5.91 Å². The standard InChI is InChI=1S/C12H19N5O4/c18-10(12(20)21)3-6-14-11(19)9-7-17(16-15-9)8-1-4-13-5-2-8/h7-8,10,13,18H,1-6H2,(H,14,19)(H,20,21). The Labute approximate surface area is 121 Å². The summed E-state index contributed by atoms with van der Waals surface area (Å²) in [6.07, 6.45) is 1.95. The van der Waals surface area contributed by atoms with Crippen molar-refractivity contribution < 1.29 is 19.8 Å². The second-order valence-electron chi connectivity index (χ2n) is 4.96. The predicted molar refractivity (Wildman–Crippen MR) is 71.8 cm³/mol. The average Bonchev–Trinajstić information content (AvgIpc) is 2.97. The van der Waals surface area contributed by atoms with Crippen molar-refractivity contribution in [3.8, 4) is 0 Å². The summed E-state index contributed by atoms with van der Waals surface area (Å²) in [7, 11) is 0. The van der Waals surface area contributed by atoms with E-state index in [4.69, 9.17) is 10.2 Å². The maximum atomic E-state index is 11.8. The van der Waals surface area contributed by atoms with Gasteiger partial charge in [0, 0.05) is 13.0 Å². The first-order chi connectivity index (χ1) is 10.1. The van der Waals surface area contributed by atoms with E-state index in [0.717, 1.165) is 25.9 Å². The molecule has 0 aliphatic carbocycles. The van der Waals surface area contributed by atoms with Crippen molar-refractivity contribution in [2.75, 3.05) is 19.6 Å². The van der Waals surface area contributed by atoms with Crippen LogP contribution in [0.3, 0.4) is 0 Å². The molecular formula is C12H19N5O4. The molecule has 1 amide bonds. The van der Waals surface area contributed by atoms with Gasteiger partial charge in [-0.3, -0.25) is 4.79 Å². The molecule has 1 fully saturated rings. The number of carboxylic acids is 1. The van der Waals surface area contributed by atoms with Crippen LogP contribution >= 0.6 is 0 Å². The highest BCUT2D eigenvalue weighted by atomic mass is 16.4. The Balaban J connectivity index is 1.82. The first-order valence-electron chi connectivity index (χ1n) is 6.89. The van der Waals surface area contributed by atoms with E-state index in [1.165, 1.54) is 0 Å². The molecule has 9 nitrogen and oxygen atoms in total. The summed E-state index contributed by atoms with van der Waals surface area (Å²) in [4.78, 5) is 22.3. The number of aliphatic hydroxyl groups excluding tert-OH is 1. The summed E-state index contributed by atoms with van der Waals surface area (Å²) >= 11 is 0. The van der Waals surface area contributed by atoms with Crippen molar-refractivity contribution >= 4 is 11.9 Å². The average molecular weight is 297 g/mol. The first kappa shape index (κ1) is 15.4. The Hall–Kier alpha value is -2.00. The molecule has 1 aromatic rings. The molecule has 21 heavy (non-hydrogen) atoms. The smallest absolute Gasteiger partial charge is 0.332 e. The molecule has 0 spiro atoms. The zero-order chi connectivity index (χ0) is 15.2. The molecule has 1 unspecified atom stereocenters. The molecule has 1 aromatic heterocycles. The Morgan fingerprint density at radius 2 is 2.19 bits per heavy atom. The first-order valence-corrected chi connectivity index (χ1v) is 6.89. The van der Waals surface area contributed by atoms with Crippen LogP contribution in [0.1, 0.15) is 35.8 Å². The minimum Gasteiger partial charge on any atom is -0.479 e. The van der Waals surface area contributed by atoms with Gasteiger partial charge in [-0.25, -0.2) is 9.48 Å². The fraction of sp³-hybridized carbons (Fsp3) is 0.667. The van der Waals surface area contributed by atoms with Gasteiger partial charge in [0.15, 0.2) is 11.8 Å². The van der Waals surface area contributed by atoms with Crippen LogP contribution < -0.4 is 10.6 Å². The molecule has 2 heterocycles. The largest absolute Gasteiger partial charge is 0.479 e. The minimum atomic E-state index is -1.48. The van der Waals surface area contributed by atoms with Crippen LogP contribution in [-0.4, -0.2) is 62.8 Å². The number of carbonyl (C=O) groups is 2. The summed E-state index contributed by atoms with van der Waals surface area (Å²) in [5, 5.41) is 31.2. The molecule has 0 saturated carbocycles.